The summed E-state index contributed by atoms with van der Waals surface area (Å²) in [5, 5.41) is 0.991. The van der Waals surface area contributed by atoms with Gasteiger partial charge >= 0.3 is 5.63 Å². The highest BCUT2D eigenvalue weighted by Crippen LogP contribution is 2.23. The monoisotopic (exact) mass is 477 g/mol. The maximum atomic E-state index is 11.9. The Morgan fingerprint density at radius 2 is 1.77 bits per heavy atom. The van der Waals surface area contributed by atoms with Crippen LogP contribution >= 0.6 is 31.9 Å². The summed E-state index contributed by atoms with van der Waals surface area (Å²) in [6.45, 7) is 4.43. The molecule has 3 aromatic rings. The average Bonchev–Trinajstić information content (AvgIpc) is 2.62. The minimum absolute atomic E-state index is 0.303. The number of hydrogen-bond donors (Lipinski definition) is 0. The normalized spacial score (nSPS) is 15.5. The zero-order chi connectivity index (χ0) is 18.1. The summed E-state index contributed by atoms with van der Waals surface area (Å²) in [6, 6.07) is 11.5. The van der Waals surface area contributed by atoms with E-state index in [0.29, 0.717) is 5.58 Å². The number of aromatic nitrogens is 1. The van der Waals surface area contributed by atoms with Crippen LogP contribution in [0.5, 0.6) is 0 Å². The van der Waals surface area contributed by atoms with Crippen molar-refractivity contribution in [1.82, 2.24) is 9.88 Å². The van der Waals surface area contributed by atoms with Crippen LogP contribution in [0, 0.1) is 0 Å². The van der Waals surface area contributed by atoms with Gasteiger partial charge in [0, 0.05) is 59.3 Å². The summed E-state index contributed by atoms with van der Waals surface area (Å²) in [5.74, 6) is 1.00. The van der Waals surface area contributed by atoms with Crippen LogP contribution in [-0.4, -0.2) is 36.1 Å². The minimum Gasteiger partial charge on any atom is -0.423 e. The van der Waals surface area contributed by atoms with Gasteiger partial charge in [0.2, 0.25) is 0 Å². The van der Waals surface area contributed by atoms with Crippen molar-refractivity contribution in [2.45, 2.75) is 6.54 Å². The first kappa shape index (κ1) is 17.7. The zero-order valence-corrected chi connectivity index (χ0v) is 17.2. The van der Waals surface area contributed by atoms with Crippen molar-refractivity contribution in [3.63, 3.8) is 0 Å². The fourth-order valence-corrected chi connectivity index (χ4v) is 3.84. The molecular weight excluding hydrogens is 462 g/mol. The molecule has 0 spiro atoms. The van der Waals surface area contributed by atoms with Crippen LogP contribution in [0.1, 0.15) is 5.56 Å². The number of pyridine rings is 1. The molecule has 0 unspecified atom stereocenters. The summed E-state index contributed by atoms with van der Waals surface area (Å²) in [4.78, 5) is 21.0. The first-order chi connectivity index (χ1) is 12.6. The van der Waals surface area contributed by atoms with Gasteiger partial charge in [0.05, 0.1) is 0 Å². The second-order valence-electron chi connectivity index (χ2n) is 6.33. The molecule has 26 heavy (non-hydrogen) atoms. The van der Waals surface area contributed by atoms with Crippen LogP contribution in [0.25, 0.3) is 11.0 Å². The van der Waals surface area contributed by atoms with Gasteiger partial charge in [-0.25, -0.2) is 9.78 Å². The van der Waals surface area contributed by atoms with Crippen molar-refractivity contribution in [1.29, 1.82) is 0 Å². The van der Waals surface area contributed by atoms with E-state index in [9.17, 15) is 4.79 Å². The molecule has 1 fully saturated rings. The molecule has 0 amide bonds. The van der Waals surface area contributed by atoms with Crippen molar-refractivity contribution < 1.29 is 4.42 Å². The molecule has 1 aromatic carbocycles. The standard InChI is InChI=1S/C19H17Br2N3O2/c20-14-1-3-16-13(9-19(25)26-17(16)10-14)12-23-5-7-24(8-6-23)18-4-2-15(21)11-22-18/h1-4,9-11H,5-8,12H2. The average molecular weight is 479 g/mol. The van der Waals surface area contributed by atoms with Crippen molar-refractivity contribution in [3.05, 3.63) is 67.5 Å². The topological polar surface area (TPSA) is 49.6 Å². The van der Waals surface area contributed by atoms with E-state index in [4.69, 9.17) is 4.42 Å². The van der Waals surface area contributed by atoms with Crippen molar-refractivity contribution >= 4 is 48.6 Å². The maximum absolute atomic E-state index is 11.9. The fourth-order valence-electron chi connectivity index (χ4n) is 3.27. The second-order valence-corrected chi connectivity index (χ2v) is 8.16. The van der Waals surface area contributed by atoms with Gasteiger partial charge in [-0.1, -0.05) is 15.9 Å². The minimum atomic E-state index is -0.303. The molecule has 3 heterocycles. The highest BCUT2D eigenvalue weighted by atomic mass is 79.9. The van der Waals surface area contributed by atoms with Gasteiger partial charge in [-0.05, 0) is 51.8 Å². The zero-order valence-electron chi connectivity index (χ0n) is 14.0. The number of hydrogen-bond acceptors (Lipinski definition) is 5. The summed E-state index contributed by atoms with van der Waals surface area (Å²) < 4.78 is 7.22. The van der Waals surface area contributed by atoms with Gasteiger partial charge < -0.3 is 9.32 Å². The van der Waals surface area contributed by atoms with E-state index in [-0.39, 0.29) is 5.63 Å². The molecule has 0 saturated carbocycles. The lowest BCUT2D eigenvalue weighted by Gasteiger charge is -2.35. The molecule has 4 rings (SSSR count). The van der Waals surface area contributed by atoms with Crippen molar-refractivity contribution in [3.8, 4) is 0 Å². The molecule has 0 aliphatic carbocycles. The van der Waals surface area contributed by atoms with Crippen LogP contribution in [-0.2, 0) is 6.54 Å². The van der Waals surface area contributed by atoms with Gasteiger partial charge in [0.25, 0.3) is 0 Å². The number of piperazine rings is 1. The van der Waals surface area contributed by atoms with Gasteiger partial charge in [-0.2, -0.15) is 0 Å². The van der Waals surface area contributed by atoms with E-state index in [1.165, 1.54) is 0 Å². The summed E-state index contributed by atoms with van der Waals surface area (Å²) in [6.07, 6.45) is 1.83. The van der Waals surface area contributed by atoms with Crippen molar-refractivity contribution in [2.24, 2.45) is 0 Å². The summed E-state index contributed by atoms with van der Waals surface area (Å²) >= 11 is 6.85. The van der Waals surface area contributed by atoms with Crippen LogP contribution in [0.4, 0.5) is 5.82 Å². The molecule has 1 aliphatic rings. The largest absolute Gasteiger partial charge is 0.423 e. The quantitative estimate of drug-likeness (QED) is 0.532. The van der Waals surface area contributed by atoms with E-state index in [1.54, 1.807) is 6.07 Å². The second kappa shape index (κ2) is 7.50. The first-order valence-corrected chi connectivity index (χ1v) is 9.98. The lowest BCUT2D eigenvalue weighted by molar-refractivity contribution is 0.249. The summed E-state index contributed by atoms with van der Waals surface area (Å²) in [5.41, 5.74) is 1.34. The number of halogens is 2. The lowest BCUT2D eigenvalue weighted by atomic mass is 10.1. The van der Waals surface area contributed by atoms with E-state index in [0.717, 1.165) is 58.4 Å². The van der Waals surface area contributed by atoms with Crippen molar-refractivity contribution in [2.75, 3.05) is 31.1 Å². The maximum Gasteiger partial charge on any atom is 0.336 e. The molecule has 1 saturated heterocycles. The predicted molar refractivity (Wildman–Crippen MR) is 110 cm³/mol. The molecule has 0 bridgehead atoms. The molecule has 134 valence electrons. The Morgan fingerprint density at radius 3 is 2.50 bits per heavy atom. The molecule has 5 nitrogen and oxygen atoms in total. The molecule has 7 heteroatoms. The van der Waals surface area contributed by atoms with Crippen LogP contribution in [0.3, 0.4) is 0 Å². The van der Waals surface area contributed by atoms with Gasteiger partial charge in [-0.15, -0.1) is 0 Å². The Kier molecular flexibility index (Phi) is 5.11. The fraction of sp³-hybridized carbons (Fsp3) is 0.263. The number of benzene rings is 1. The molecule has 0 radical (unpaired) electrons. The number of anilines is 1. The molecule has 1 aliphatic heterocycles. The van der Waals surface area contributed by atoms with Gasteiger partial charge in [-0.3, -0.25) is 4.90 Å². The third-order valence-corrected chi connectivity index (χ3v) is 5.56. The van der Waals surface area contributed by atoms with Gasteiger partial charge in [0.1, 0.15) is 11.4 Å². The predicted octanol–water partition coefficient (Wildman–Crippen LogP) is 4.04. The molecule has 2 aromatic heterocycles. The Morgan fingerprint density at radius 1 is 1.00 bits per heavy atom. The smallest absolute Gasteiger partial charge is 0.336 e. The van der Waals surface area contributed by atoms with Crippen LogP contribution < -0.4 is 10.5 Å². The molecular formula is C19H17Br2N3O2. The number of nitrogens with zero attached hydrogens (tertiary/aromatic N) is 3. The van der Waals surface area contributed by atoms with E-state index < -0.39 is 0 Å². The highest BCUT2D eigenvalue weighted by Gasteiger charge is 2.19. The highest BCUT2D eigenvalue weighted by molar-refractivity contribution is 9.10. The van der Waals surface area contributed by atoms with E-state index in [2.05, 4.69) is 46.6 Å². The number of rotatable bonds is 3. The Bertz CT molecular complexity index is 980. The van der Waals surface area contributed by atoms with Gasteiger partial charge in [0.15, 0.2) is 0 Å². The van der Waals surface area contributed by atoms with E-state index in [1.807, 2.05) is 36.5 Å². The first-order valence-electron chi connectivity index (χ1n) is 8.40. The third-order valence-electron chi connectivity index (χ3n) is 4.59. The lowest BCUT2D eigenvalue weighted by Crippen LogP contribution is -2.46. The van der Waals surface area contributed by atoms with Crippen LogP contribution in [0.15, 0.2) is 60.8 Å². The van der Waals surface area contributed by atoms with E-state index >= 15 is 0 Å². The third kappa shape index (κ3) is 3.84. The Balaban J connectivity index is 1.48. The molecule has 0 N–H and O–H groups in total. The summed E-state index contributed by atoms with van der Waals surface area (Å²) in [7, 11) is 0. The van der Waals surface area contributed by atoms with Crippen LogP contribution in [0.2, 0.25) is 0 Å². The number of fused-ring (bicyclic) bond motifs is 1. The Hall–Kier alpha value is -1.70. The molecule has 0 atom stereocenters. The SMILES string of the molecule is O=c1cc(CN2CCN(c3ccc(Br)cn3)CC2)c2ccc(Br)cc2o1. The Labute approximate surface area is 167 Å².